The first-order valence-electron chi connectivity index (χ1n) is 5.38. The number of carbonyl (C=O) groups excluding carboxylic acids is 1. The van der Waals surface area contributed by atoms with Crippen LogP contribution in [0.2, 0.25) is 5.02 Å². The van der Waals surface area contributed by atoms with E-state index in [1.807, 2.05) is 6.07 Å². The molecular weight excluding hydrogens is 272 g/mol. The molecule has 2 aromatic rings. The number of carbonyl (C=O) groups is 1. The van der Waals surface area contributed by atoms with Gasteiger partial charge < -0.3 is 4.74 Å². The molecule has 1 aliphatic rings. The van der Waals surface area contributed by atoms with Crippen LogP contribution in [0.3, 0.4) is 0 Å². The molecule has 1 atom stereocenters. The number of fused-ring (bicyclic) bond motifs is 1. The molecule has 4 nitrogen and oxygen atoms in total. The average Bonchev–Trinajstić information content (AvgIpc) is 2.96. The van der Waals surface area contributed by atoms with Crippen molar-refractivity contribution >= 4 is 34.0 Å². The van der Waals surface area contributed by atoms with Crippen LogP contribution in [0.4, 0.5) is 5.13 Å². The zero-order valence-electron chi connectivity index (χ0n) is 9.22. The van der Waals surface area contributed by atoms with E-state index in [-0.39, 0.29) is 5.91 Å². The minimum Gasteiger partial charge on any atom is -0.480 e. The Kier molecular flexibility index (Phi) is 2.93. The molecule has 6 heteroatoms. The van der Waals surface area contributed by atoms with E-state index < -0.39 is 6.10 Å². The molecule has 0 saturated carbocycles. The van der Waals surface area contributed by atoms with Crippen LogP contribution in [-0.2, 0) is 11.2 Å². The molecule has 0 bridgehead atoms. The zero-order valence-corrected chi connectivity index (χ0v) is 10.8. The van der Waals surface area contributed by atoms with E-state index in [1.165, 1.54) is 11.3 Å². The molecule has 1 aromatic carbocycles. The van der Waals surface area contributed by atoms with Crippen molar-refractivity contribution in [2.24, 2.45) is 0 Å². The number of anilines is 1. The second-order valence-electron chi connectivity index (χ2n) is 3.89. The summed E-state index contributed by atoms with van der Waals surface area (Å²) in [5.74, 6) is 0.538. The summed E-state index contributed by atoms with van der Waals surface area (Å²) in [7, 11) is 0. The molecule has 1 N–H and O–H groups in total. The number of nitrogens with one attached hydrogen (secondary N) is 1. The monoisotopic (exact) mass is 280 g/mol. The van der Waals surface area contributed by atoms with Crippen molar-refractivity contribution in [3.8, 4) is 5.75 Å². The smallest absolute Gasteiger partial charge is 0.267 e. The van der Waals surface area contributed by atoms with Gasteiger partial charge in [-0.15, -0.1) is 11.3 Å². The van der Waals surface area contributed by atoms with Gasteiger partial charge in [-0.25, -0.2) is 4.98 Å². The van der Waals surface area contributed by atoms with Crippen LogP contribution < -0.4 is 10.1 Å². The molecule has 1 aliphatic heterocycles. The van der Waals surface area contributed by atoms with Gasteiger partial charge in [-0.3, -0.25) is 10.1 Å². The summed E-state index contributed by atoms with van der Waals surface area (Å²) in [6.07, 6.45) is 1.67. The molecule has 92 valence electrons. The molecule has 0 saturated heterocycles. The van der Waals surface area contributed by atoms with Gasteiger partial charge >= 0.3 is 0 Å². The van der Waals surface area contributed by atoms with Crippen molar-refractivity contribution in [3.63, 3.8) is 0 Å². The van der Waals surface area contributed by atoms with E-state index in [0.29, 0.717) is 16.6 Å². The Morgan fingerprint density at radius 3 is 3.22 bits per heavy atom. The Labute approximate surface area is 113 Å². The lowest BCUT2D eigenvalue weighted by Crippen LogP contribution is -2.31. The van der Waals surface area contributed by atoms with E-state index in [2.05, 4.69) is 10.3 Å². The summed E-state index contributed by atoms with van der Waals surface area (Å²) in [5.41, 5.74) is 0.960. The van der Waals surface area contributed by atoms with E-state index in [9.17, 15) is 4.79 Å². The predicted octanol–water partition coefficient (Wildman–Crippen LogP) is 2.74. The number of amides is 1. The topological polar surface area (TPSA) is 51.2 Å². The van der Waals surface area contributed by atoms with Crippen molar-refractivity contribution in [2.75, 3.05) is 5.32 Å². The molecule has 0 aliphatic carbocycles. The Morgan fingerprint density at radius 1 is 1.56 bits per heavy atom. The SMILES string of the molecule is O=C(Nc1nccs1)[C@H]1Cc2cc(Cl)ccc2O1. The van der Waals surface area contributed by atoms with Crippen LogP contribution >= 0.6 is 22.9 Å². The Balaban J connectivity index is 1.72. The molecule has 0 spiro atoms. The summed E-state index contributed by atoms with van der Waals surface area (Å²) < 4.78 is 5.58. The van der Waals surface area contributed by atoms with Crippen LogP contribution in [-0.4, -0.2) is 17.0 Å². The van der Waals surface area contributed by atoms with Crippen molar-refractivity contribution < 1.29 is 9.53 Å². The third-order valence-electron chi connectivity index (χ3n) is 2.65. The first-order chi connectivity index (χ1) is 8.72. The number of halogens is 1. The fraction of sp³-hybridized carbons (Fsp3) is 0.167. The standard InChI is InChI=1S/C12H9ClN2O2S/c13-8-1-2-9-7(5-8)6-10(17-9)11(16)15-12-14-3-4-18-12/h1-5,10H,6H2,(H,14,15,16)/t10-/m1/s1. The maximum atomic E-state index is 12.0. The van der Waals surface area contributed by atoms with Gasteiger partial charge in [0.05, 0.1) is 0 Å². The highest BCUT2D eigenvalue weighted by Crippen LogP contribution is 2.31. The van der Waals surface area contributed by atoms with Crippen LogP contribution in [0, 0.1) is 0 Å². The highest BCUT2D eigenvalue weighted by Gasteiger charge is 2.29. The van der Waals surface area contributed by atoms with E-state index >= 15 is 0 Å². The normalized spacial score (nSPS) is 17.1. The highest BCUT2D eigenvalue weighted by atomic mass is 35.5. The maximum Gasteiger partial charge on any atom is 0.267 e. The molecule has 1 aromatic heterocycles. The summed E-state index contributed by atoms with van der Waals surface area (Å²) in [6, 6.07) is 5.36. The number of nitrogens with zero attached hydrogens (tertiary/aromatic N) is 1. The molecule has 3 rings (SSSR count). The Morgan fingerprint density at radius 2 is 2.44 bits per heavy atom. The fourth-order valence-electron chi connectivity index (χ4n) is 1.83. The minimum atomic E-state index is -0.512. The quantitative estimate of drug-likeness (QED) is 0.920. The fourth-order valence-corrected chi connectivity index (χ4v) is 2.56. The van der Waals surface area contributed by atoms with Gasteiger partial charge in [-0.1, -0.05) is 11.6 Å². The summed E-state index contributed by atoms with van der Waals surface area (Å²) in [5, 5.41) is 5.76. The van der Waals surface area contributed by atoms with Crippen molar-refractivity contribution in [2.45, 2.75) is 12.5 Å². The van der Waals surface area contributed by atoms with Gasteiger partial charge in [0.2, 0.25) is 0 Å². The third-order valence-corrected chi connectivity index (χ3v) is 3.58. The lowest BCUT2D eigenvalue weighted by atomic mass is 10.1. The van der Waals surface area contributed by atoms with Crippen molar-refractivity contribution in [3.05, 3.63) is 40.4 Å². The van der Waals surface area contributed by atoms with E-state index in [4.69, 9.17) is 16.3 Å². The summed E-state index contributed by atoms with van der Waals surface area (Å²) in [4.78, 5) is 16.0. The lowest BCUT2D eigenvalue weighted by molar-refractivity contribution is -0.122. The third kappa shape index (κ3) is 2.19. The number of benzene rings is 1. The van der Waals surface area contributed by atoms with E-state index in [0.717, 1.165) is 11.3 Å². The predicted molar refractivity (Wildman–Crippen MR) is 70.3 cm³/mol. The van der Waals surface area contributed by atoms with Gasteiger partial charge in [0.1, 0.15) is 5.75 Å². The number of hydrogen-bond donors (Lipinski definition) is 1. The molecule has 2 heterocycles. The average molecular weight is 281 g/mol. The van der Waals surface area contributed by atoms with Crippen molar-refractivity contribution in [1.82, 2.24) is 4.98 Å². The number of rotatable bonds is 2. The number of ether oxygens (including phenoxy) is 1. The molecule has 0 radical (unpaired) electrons. The first kappa shape index (κ1) is 11.5. The summed E-state index contributed by atoms with van der Waals surface area (Å²) in [6.45, 7) is 0. The van der Waals surface area contributed by atoms with Gasteiger partial charge in [-0.2, -0.15) is 0 Å². The molecule has 0 unspecified atom stereocenters. The molecular formula is C12H9ClN2O2S. The molecule has 0 fully saturated rings. The largest absolute Gasteiger partial charge is 0.480 e. The van der Waals surface area contributed by atoms with Gasteiger partial charge in [-0.05, 0) is 23.8 Å². The Hall–Kier alpha value is -1.59. The minimum absolute atomic E-state index is 0.183. The lowest BCUT2D eigenvalue weighted by Gasteiger charge is -2.09. The summed E-state index contributed by atoms with van der Waals surface area (Å²) >= 11 is 7.28. The highest BCUT2D eigenvalue weighted by molar-refractivity contribution is 7.13. The van der Waals surface area contributed by atoms with Crippen LogP contribution in [0.15, 0.2) is 29.8 Å². The number of aromatic nitrogens is 1. The number of hydrogen-bond acceptors (Lipinski definition) is 4. The van der Waals surface area contributed by atoms with Crippen LogP contribution in [0.5, 0.6) is 5.75 Å². The second-order valence-corrected chi connectivity index (χ2v) is 5.22. The van der Waals surface area contributed by atoms with Crippen LogP contribution in [0.25, 0.3) is 0 Å². The number of thiazole rings is 1. The van der Waals surface area contributed by atoms with Gasteiger partial charge in [0.15, 0.2) is 11.2 Å². The molecule has 18 heavy (non-hydrogen) atoms. The second kappa shape index (κ2) is 4.59. The van der Waals surface area contributed by atoms with Gasteiger partial charge in [0.25, 0.3) is 5.91 Å². The Bertz CT molecular complexity index is 586. The molecule has 1 amide bonds. The zero-order chi connectivity index (χ0) is 12.5. The van der Waals surface area contributed by atoms with Crippen molar-refractivity contribution in [1.29, 1.82) is 0 Å². The van der Waals surface area contributed by atoms with Crippen LogP contribution in [0.1, 0.15) is 5.56 Å². The van der Waals surface area contributed by atoms with E-state index in [1.54, 1.807) is 23.7 Å². The van der Waals surface area contributed by atoms with Gasteiger partial charge in [0, 0.05) is 23.0 Å². The first-order valence-corrected chi connectivity index (χ1v) is 6.63. The maximum absolute atomic E-state index is 12.0.